The van der Waals surface area contributed by atoms with E-state index in [4.69, 9.17) is 14.6 Å². The summed E-state index contributed by atoms with van der Waals surface area (Å²) < 4.78 is 13.2. The maximum absolute atomic E-state index is 11.0. The lowest BCUT2D eigenvalue weighted by atomic mass is 10.0. The summed E-state index contributed by atoms with van der Waals surface area (Å²) in [5.74, 6) is -1.46. The van der Waals surface area contributed by atoms with Gasteiger partial charge in [0, 0.05) is 31.3 Å². The predicted molar refractivity (Wildman–Crippen MR) is 54.3 cm³/mol. The third-order valence-electron chi connectivity index (χ3n) is 3.29. The summed E-state index contributed by atoms with van der Waals surface area (Å²) in [6.45, 7) is 1.95. The minimum Gasteiger partial charge on any atom is -0.478 e. The summed E-state index contributed by atoms with van der Waals surface area (Å²) >= 11 is 0. The van der Waals surface area contributed by atoms with Gasteiger partial charge < -0.3 is 19.1 Å². The molecule has 0 saturated carbocycles. The van der Waals surface area contributed by atoms with Crippen LogP contribution in [0.3, 0.4) is 0 Å². The average molecular weight is 223 g/mol. The summed E-state index contributed by atoms with van der Waals surface area (Å²) in [6.07, 6.45) is 3.13. The number of nitrogens with zero attached hydrogens (tertiary/aromatic N) is 1. The molecule has 1 N–H and O–H groups in total. The van der Waals surface area contributed by atoms with Crippen LogP contribution in [0, 0.1) is 0 Å². The molecule has 0 bridgehead atoms. The molecule has 3 rings (SSSR count). The lowest BCUT2D eigenvalue weighted by Gasteiger charge is -2.32. The van der Waals surface area contributed by atoms with E-state index in [1.807, 2.05) is 10.8 Å². The van der Waals surface area contributed by atoms with Crippen LogP contribution in [-0.4, -0.2) is 34.6 Å². The second kappa shape index (κ2) is 3.33. The third kappa shape index (κ3) is 1.36. The van der Waals surface area contributed by atoms with Crippen LogP contribution in [0.5, 0.6) is 0 Å². The summed E-state index contributed by atoms with van der Waals surface area (Å²) in [6, 6.07) is 1.64. The zero-order chi connectivity index (χ0) is 11.2. The van der Waals surface area contributed by atoms with Crippen molar-refractivity contribution in [3.63, 3.8) is 0 Å². The number of carboxylic acids is 1. The Balaban J connectivity index is 1.97. The molecule has 86 valence electrons. The Kier molecular flexibility index (Phi) is 2.05. The molecule has 3 heterocycles. The van der Waals surface area contributed by atoms with Gasteiger partial charge in [-0.3, -0.25) is 0 Å². The SMILES string of the molecule is O=C(O)c1ccn2c1CC1(CC2)OCCO1. The molecule has 1 fully saturated rings. The van der Waals surface area contributed by atoms with E-state index in [0.717, 1.165) is 18.7 Å². The highest BCUT2D eigenvalue weighted by Crippen LogP contribution is 2.34. The van der Waals surface area contributed by atoms with E-state index in [2.05, 4.69) is 0 Å². The maximum Gasteiger partial charge on any atom is 0.337 e. The van der Waals surface area contributed by atoms with Crippen molar-refractivity contribution in [1.82, 2.24) is 4.57 Å². The Hall–Kier alpha value is -1.33. The van der Waals surface area contributed by atoms with Crippen molar-refractivity contribution in [2.45, 2.75) is 25.2 Å². The van der Waals surface area contributed by atoms with Crippen LogP contribution in [-0.2, 0) is 22.4 Å². The van der Waals surface area contributed by atoms with Gasteiger partial charge in [0.15, 0.2) is 5.79 Å². The Bertz CT molecular complexity index is 431. The first-order valence-electron chi connectivity index (χ1n) is 5.39. The smallest absolute Gasteiger partial charge is 0.337 e. The second-order valence-electron chi connectivity index (χ2n) is 4.21. The van der Waals surface area contributed by atoms with Crippen LogP contribution in [0.1, 0.15) is 22.5 Å². The number of aryl methyl sites for hydroxylation is 1. The fourth-order valence-electron chi connectivity index (χ4n) is 2.48. The number of rotatable bonds is 1. The van der Waals surface area contributed by atoms with Crippen LogP contribution in [0.4, 0.5) is 0 Å². The molecule has 2 aliphatic rings. The van der Waals surface area contributed by atoms with E-state index in [0.29, 0.717) is 25.2 Å². The van der Waals surface area contributed by atoms with Gasteiger partial charge in [0.1, 0.15) is 0 Å². The number of aromatic carboxylic acids is 1. The molecule has 1 spiro atoms. The molecule has 1 aromatic rings. The summed E-state index contributed by atoms with van der Waals surface area (Å²) in [5, 5.41) is 9.07. The molecule has 0 atom stereocenters. The number of aromatic nitrogens is 1. The summed E-state index contributed by atoms with van der Waals surface area (Å²) in [4.78, 5) is 11.0. The van der Waals surface area contributed by atoms with Crippen LogP contribution in [0.2, 0.25) is 0 Å². The Morgan fingerprint density at radius 1 is 1.44 bits per heavy atom. The topological polar surface area (TPSA) is 60.7 Å². The number of ether oxygens (including phenoxy) is 2. The standard InChI is InChI=1S/C11H13NO4/c13-10(14)8-1-3-12-4-2-11(7-9(8)12)15-5-6-16-11/h1,3H,2,4-7H2,(H,13,14). The minimum absolute atomic E-state index is 0.359. The zero-order valence-electron chi connectivity index (χ0n) is 8.81. The van der Waals surface area contributed by atoms with Gasteiger partial charge in [-0.2, -0.15) is 0 Å². The minimum atomic E-state index is -0.885. The lowest BCUT2D eigenvalue weighted by Crippen LogP contribution is -2.39. The van der Waals surface area contributed by atoms with Crippen molar-refractivity contribution >= 4 is 5.97 Å². The van der Waals surface area contributed by atoms with Crippen molar-refractivity contribution in [2.24, 2.45) is 0 Å². The zero-order valence-corrected chi connectivity index (χ0v) is 8.81. The van der Waals surface area contributed by atoms with Crippen molar-refractivity contribution in [3.8, 4) is 0 Å². The van der Waals surface area contributed by atoms with Gasteiger partial charge in [-0.15, -0.1) is 0 Å². The van der Waals surface area contributed by atoms with E-state index in [1.165, 1.54) is 0 Å². The molecule has 16 heavy (non-hydrogen) atoms. The molecule has 5 heteroatoms. The number of hydrogen-bond acceptors (Lipinski definition) is 3. The van der Waals surface area contributed by atoms with E-state index < -0.39 is 11.8 Å². The first-order chi connectivity index (χ1) is 7.70. The van der Waals surface area contributed by atoms with Crippen molar-refractivity contribution in [3.05, 3.63) is 23.5 Å². The van der Waals surface area contributed by atoms with Crippen molar-refractivity contribution in [1.29, 1.82) is 0 Å². The molecule has 5 nitrogen and oxygen atoms in total. The Labute approximate surface area is 92.6 Å². The Morgan fingerprint density at radius 2 is 2.19 bits per heavy atom. The van der Waals surface area contributed by atoms with Crippen LogP contribution in [0.25, 0.3) is 0 Å². The van der Waals surface area contributed by atoms with Gasteiger partial charge in [-0.25, -0.2) is 4.79 Å². The monoisotopic (exact) mass is 223 g/mol. The van der Waals surface area contributed by atoms with Crippen LogP contribution >= 0.6 is 0 Å². The van der Waals surface area contributed by atoms with Gasteiger partial charge in [-0.1, -0.05) is 0 Å². The number of carbonyl (C=O) groups is 1. The van der Waals surface area contributed by atoms with Crippen LogP contribution in [0.15, 0.2) is 12.3 Å². The quantitative estimate of drug-likeness (QED) is 0.767. The molecular formula is C11H13NO4. The van der Waals surface area contributed by atoms with Crippen LogP contribution < -0.4 is 0 Å². The van der Waals surface area contributed by atoms with Gasteiger partial charge in [-0.05, 0) is 6.07 Å². The maximum atomic E-state index is 11.0. The summed E-state index contributed by atoms with van der Waals surface area (Å²) in [7, 11) is 0. The normalized spacial score (nSPS) is 22.2. The largest absolute Gasteiger partial charge is 0.478 e. The second-order valence-corrected chi connectivity index (χ2v) is 4.21. The molecule has 1 saturated heterocycles. The third-order valence-corrected chi connectivity index (χ3v) is 3.29. The predicted octanol–water partition coefficient (Wildman–Crippen LogP) is 0.876. The Morgan fingerprint density at radius 3 is 2.88 bits per heavy atom. The van der Waals surface area contributed by atoms with Gasteiger partial charge in [0.25, 0.3) is 0 Å². The van der Waals surface area contributed by atoms with Crippen molar-refractivity contribution < 1.29 is 19.4 Å². The van der Waals surface area contributed by atoms with E-state index in [-0.39, 0.29) is 0 Å². The van der Waals surface area contributed by atoms with E-state index in [1.54, 1.807) is 6.07 Å². The van der Waals surface area contributed by atoms with Gasteiger partial charge in [0.2, 0.25) is 0 Å². The molecule has 0 amide bonds. The molecule has 1 aromatic heterocycles. The highest BCUT2D eigenvalue weighted by Gasteiger charge is 2.41. The molecule has 0 aromatic carbocycles. The highest BCUT2D eigenvalue weighted by molar-refractivity contribution is 5.89. The number of fused-ring (bicyclic) bond motifs is 1. The molecule has 0 aliphatic carbocycles. The average Bonchev–Trinajstić information content (AvgIpc) is 2.85. The van der Waals surface area contributed by atoms with Gasteiger partial charge in [0.05, 0.1) is 18.8 Å². The molecule has 0 radical (unpaired) electrons. The van der Waals surface area contributed by atoms with E-state index >= 15 is 0 Å². The number of carboxylic acid groups (broad SMARTS) is 1. The highest BCUT2D eigenvalue weighted by atomic mass is 16.7. The number of hydrogen-bond donors (Lipinski definition) is 1. The fraction of sp³-hybridized carbons (Fsp3) is 0.545. The van der Waals surface area contributed by atoms with Gasteiger partial charge >= 0.3 is 5.97 Å². The van der Waals surface area contributed by atoms with Crippen molar-refractivity contribution in [2.75, 3.05) is 13.2 Å². The molecular weight excluding hydrogens is 210 g/mol. The molecule has 2 aliphatic heterocycles. The lowest BCUT2D eigenvalue weighted by molar-refractivity contribution is -0.169. The fourth-order valence-corrected chi connectivity index (χ4v) is 2.48. The summed E-state index contributed by atoms with van der Waals surface area (Å²) in [5.41, 5.74) is 1.17. The first kappa shape index (κ1) is 9.86. The molecule has 0 unspecified atom stereocenters. The first-order valence-corrected chi connectivity index (χ1v) is 5.39. The van der Waals surface area contributed by atoms with E-state index in [9.17, 15) is 4.79 Å².